The fourth-order valence-corrected chi connectivity index (χ4v) is 3.81. The van der Waals surface area contributed by atoms with Gasteiger partial charge in [-0.1, -0.05) is 27.5 Å². The van der Waals surface area contributed by atoms with Crippen molar-refractivity contribution in [2.45, 2.75) is 4.90 Å². The largest absolute Gasteiger partial charge is 0.143 e. The maximum absolute atomic E-state index is 5.88. The van der Waals surface area contributed by atoms with Gasteiger partial charge in [-0.2, -0.15) is 0 Å². The number of halogens is 2. The summed E-state index contributed by atoms with van der Waals surface area (Å²) in [5, 5.41) is 3.91. The van der Waals surface area contributed by atoms with Crippen molar-refractivity contribution in [2.24, 2.45) is 0 Å². The van der Waals surface area contributed by atoms with E-state index < -0.39 is 0 Å². The number of fused-ring (bicyclic) bond motifs is 1. The summed E-state index contributed by atoms with van der Waals surface area (Å²) in [5.41, 5.74) is 0. The van der Waals surface area contributed by atoms with Crippen LogP contribution < -0.4 is 0 Å². The van der Waals surface area contributed by atoms with Crippen LogP contribution in [0.15, 0.2) is 26.9 Å². The quantitative estimate of drug-likeness (QED) is 0.669. The summed E-state index contributed by atoms with van der Waals surface area (Å²) < 4.78 is 2.18. The van der Waals surface area contributed by atoms with Crippen molar-refractivity contribution in [3.63, 3.8) is 0 Å². The van der Waals surface area contributed by atoms with Crippen molar-refractivity contribution in [3.8, 4) is 0 Å². The van der Waals surface area contributed by atoms with E-state index in [2.05, 4.69) is 28.6 Å². The predicted octanol–water partition coefficient (Wildman–Crippen LogP) is 4.61. The monoisotopic (exact) mass is 278 g/mol. The highest BCUT2D eigenvalue weighted by atomic mass is 79.9. The van der Waals surface area contributed by atoms with Crippen LogP contribution in [0.3, 0.4) is 0 Å². The van der Waals surface area contributed by atoms with E-state index in [0.29, 0.717) is 0 Å². The molecule has 0 fully saturated rings. The summed E-state index contributed by atoms with van der Waals surface area (Å²) in [7, 11) is 0. The highest BCUT2D eigenvalue weighted by Gasteiger charge is 2.05. The molecule has 0 saturated carbocycles. The number of benzene rings is 1. The Morgan fingerprint density at radius 3 is 2.92 bits per heavy atom. The average Bonchev–Trinajstić information content (AvgIpc) is 2.31. The third-order valence-electron chi connectivity index (χ3n) is 1.57. The lowest BCUT2D eigenvalue weighted by atomic mass is 10.3. The Balaban J connectivity index is 2.93. The van der Waals surface area contributed by atoms with E-state index in [9.17, 15) is 0 Å². The standard InChI is InChI=1S/C8H4BrClS2/c9-5-1-4(10)2-7-8(5)6(11)3-12-7/h1-3,11H. The Bertz CT molecular complexity index is 436. The van der Waals surface area contributed by atoms with Crippen LogP contribution in [-0.2, 0) is 0 Å². The van der Waals surface area contributed by atoms with Gasteiger partial charge in [-0.25, -0.2) is 0 Å². The van der Waals surface area contributed by atoms with Crippen LogP contribution in [0.4, 0.5) is 0 Å². The van der Waals surface area contributed by atoms with E-state index >= 15 is 0 Å². The fourth-order valence-electron chi connectivity index (χ4n) is 1.07. The minimum atomic E-state index is 0.754. The van der Waals surface area contributed by atoms with Crippen molar-refractivity contribution in [3.05, 3.63) is 27.0 Å². The molecule has 0 amide bonds. The zero-order chi connectivity index (χ0) is 8.72. The highest BCUT2D eigenvalue weighted by Crippen LogP contribution is 2.36. The molecule has 1 heterocycles. The molecule has 1 aromatic heterocycles. The van der Waals surface area contributed by atoms with Crippen LogP contribution in [0.5, 0.6) is 0 Å². The second kappa shape index (κ2) is 3.22. The second-order valence-corrected chi connectivity index (χ2v) is 5.07. The van der Waals surface area contributed by atoms with Crippen molar-refractivity contribution < 1.29 is 0 Å². The first-order valence-corrected chi connectivity index (χ1v) is 5.73. The van der Waals surface area contributed by atoms with E-state index in [1.807, 2.05) is 17.5 Å². The maximum Gasteiger partial charge on any atom is 0.0431 e. The van der Waals surface area contributed by atoms with Gasteiger partial charge in [-0.3, -0.25) is 0 Å². The zero-order valence-corrected chi connectivity index (χ0v) is 9.90. The molecule has 62 valence electrons. The number of thiol groups is 1. The van der Waals surface area contributed by atoms with Gasteiger partial charge in [0.05, 0.1) is 0 Å². The van der Waals surface area contributed by atoms with Crippen LogP contribution >= 0.6 is 51.5 Å². The van der Waals surface area contributed by atoms with Crippen molar-refractivity contribution in [2.75, 3.05) is 0 Å². The molecule has 0 spiro atoms. The first kappa shape index (κ1) is 8.88. The summed E-state index contributed by atoms with van der Waals surface area (Å²) in [5.74, 6) is 0. The van der Waals surface area contributed by atoms with E-state index in [1.54, 1.807) is 11.3 Å². The number of thiophene rings is 1. The lowest BCUT2D eigenvalue weighted by Gasteiger charge is -1.96. The molecule has 0 radical (unpaired) electrons. The minimum absolute atomic E-state index is 0.754. The van der Waals surface area contributed by atoms with Crippen LogP contribution in [0.2, 0.25) is 5.02 Å². The molecular weight excluding hydrogens is 276 g/mol. The van der Waals surface area contributed by atoms with Gasteiger partial charge in [0.25, 0.3) is 0 Å². The molecule has 1 aromatic carbocycles. The van der Waals surface area contributed by atoms with Gasteiger partial charge in [0.1, 0.15) is 0 Å². The Hall–Kier alpha value is 0.300. The van der Waals surface area contributed by atoms with Crippen LogP contribution in [0, 0.1) is 0 Å². The normalized spacial score (nSPS) is 10.9. The number of rotatable bonds is 0. The highest BCUT2D eigenvalue weighted by molar-refractivity contribution is 9.10. The van der Waals surface area contributed by atoms with Crippen LogP contribution in [-0.4, -0.2) is 0 Å². The Morgan fingerprint density at radius 2 is 2.17 bits per heavy atom. The topological polar surface area (TPSA) is 0 Å². The van der Waals surface area contributed by atoms with Gasteiger partial charge in [0, 0.05) is 29.9 Å². The van der Waals surface area contributed by atoms with E-state index in [4.69, 9.17) is 11.6 Å². The number of hydrogen-bond donors (Lipinski definition) is 1. The molecule has 0 aliphatic carbocycles. The SMILES string of the molecule is Sc1csc2cc(Cl)cc(Br)c12. The summed E-state index contributed by atoms with van der Waals surface area (Å²) in [6.07, 6.45) is 0. The van der Waals surface area contributed by atoms with Crippen LogP contribution in [0.1, 0.15) is 0 Å². The van der Waals surface area contributed by atoms with Gasteiger partial charge < -0.3 is 0 Å². The molecule has 0 aliphatic rings. The second-order valence-electron chi connectivity index (χ2n) is 2.38. The molecule has 0 unspecified atom stereocenters. The molecule has 0 nitrogen and oxygen atoms in total. The third kappa shape index (κ3) is 1.39. The summed E-state index contributed by atoms with van der Waals surface area (Å²) in [4.78, 5) is 0.999. The number of hydrogen-bond acceptors (Lipinski definition) is 2. The predicted molar refractivity (Wildman–Crippen MR) is 61.8 cm³/mol. The molecular formula is C8H4BrClS2. The van der Waals surface area contributed by atoms with Gasteiger partial charge in [-0.05, 0) is 12.1 Å². The average molecular weight is 280 g/mol. The van der Waals surface area contributed by atoms with Crippen molar-refractivity contribution in [1.82, 2.24) is 0 Å². The van der Waals surface area contributed by atoms with E-state index in [1.165, 1.54) is 4.70 Å². The molecule has 0 atom stereocenters. The minimum Gasteiger partial charge on any atom is -0.143 e. The van der Waals surface area contributed by atoms with E-state index in [0.717, 1.165) is 19.8 Å². The smallest absolute Gasteiger partial charge is 0.0431 e. The van der Waals surface area contributed by atoms with Crippen molar-refractivity contribution >= 4 is 61.6 Å². The molecule has 0 N–H and O–H groups in total. The Kier molecular flexibility index (Phi) is 2.38. The first-order valence-electron chi connectivity index (χ1n) is 3.23. The summed E-state index contributed by atoms with van der Waals surface area (Å²) in [6.45, 7) is 0. The summed E-state index contributed by atoms with van der Waals surface area (Å²) in [6, 6.07) is 3.84. The van der Waals surface area contributed by atoms with Gasteiger partial charge in [0.2, 0.25) is 0 Å². The Labute approximate surface area is 93.1 Å². The molecule has 0 bridgehead atoms. The lowest BCUT2D eigenvalue weighted by Crippen LogP contribution is -1.69. The molecule has 0 aliphatic heterocycles. The molecule has 2 aromatic rings. The first-order chi connectivity index (χ1) is 5.68. The molecule has 4 heteroatoms. The zero-order valence-electron chi connectivity index (χ0n) is 5.84. The Morgan fingerprint density at radius 1 is 1.42 bits per heavy atom. The maximum atomic E-state index is 5.88. The molecule has 0 saturated heterocycles. The van der Waals surface area contributed by atoms with Gasteiger partial charge in [0.15, 0.2) is 0 Å². The van der Waals surface area contributed by atoms with E-state index in [-0.39, 0.29) is 0 Å². The third-order valence-corrected chi connectivity index (χ3v) is 3.87. The summed E-state index contributed by atoms with van der Waals surface area (Å²) >= 11 is 15.3. The lowest BCUT2D eigenvalue weighted by molar-refractivity contribution is 1.65. The van der Waals surface area contributed by atoms with Gasteiger partial charge >= 0.3 is 0 Å². The molecule has 2 rings (SSSR count). The van der Waals surface area contributed by atoms with Crippen LogP contribution in [0.25, 0.3) is 10.1 Å². The van der Waals surface area contributed by atoms with Gasteiger partial charge in [-0.15, -0.1) is 24.0 Å². The molecule has 12 heavy (non-hydrogen) atoms. The fraction of sp³-hybridized carbons (Fsp3) is 0. The van der Waals surface area contributed by atoms with Crippen molar-refractivity contribution in [1.29, 1.82) is 0 Å².